The molecule has 1 rings (SSSR count). The van der Waals surface area contributed by atoms with E-state index in [9.17, 15) is 8.78 Å². The fourth-order valence-electron chi connectivity index (χ4n) is 1.11. The van der Waals surface area contributed by atoms with Crippen LogP contribution >= 0.6 is 27.5 Å². The van der Waals surface area contributed by atoms with Crippen molar-refractivity contribution in [2.24, 2.45) is 0 Å². The second kappa shape index (κ2) is 4.15. The Morgan fingerprint density at radius 1 is 1.29 bits per heavy atom. The van der Waals surface area contributed by atoms with Gasteiger partial charge in [-0.15, -0.1) is 0 Å². The minimum absolute atomic E-state index is 0.258. The molecule has 0 atom stereocenters. The fourth-order valence-corrected chi connectivity index (χ4v) is 1.82. The second-order valence-electron chi connectivity index (χ2n) is 3.76. The van der Waals surface area contributed by atoms with Crippen LogP contribution in [0.2, 0.25) is 5.02 Å². The first kappa shape index (κ1) is 11.9. The Morgan fingerprint density at radius 2 is 1.79 bits per heavy atom. The number of benzene rings is 1. The summed E-state index contributed by atoms with van der Waals surface area (Å²) in [6.07, 6.45) is 0. The third kappa shape index (κ3) is 2.26. The number of alkyl halides is 1. The van der Waals surface area contributed by atoms with Crippen LogP contribution in [0.25, 0.3) is 0 Å². The topological polar surface area (TPSA) is 0 Å². The Bertz CT molecular complexity index is 350. The molecule has 0 saturated carbocycles. The van der Waals surface area contributed by atoms with E-state index in [1.807, 2.05) is 13.8 Å². The lowest BCUT2D eigenvalue weighted by Crippen LogP contribution is -2.19. The molecule has 1 aromatic rings. The van der Waals surface area contributed by atoms with Gasteiger partial charge in [0.2, 0.25) is 0 Å². The van der Waals surface area contributed by atoms with E-state index >= 15 is 0 Å². The van der Waals surface area contributed by atoms with Gasteiger partial charge in [0.15, 0.2) is 11.6 Å². The molecule has 0 aliphatic rings. The standard InChI is InChI=1S/C10H10BrClF2/c1-10(2,5-11)6-3-8(13)9(14)4-7(6)12/h3-4H,5H2,1-2H3. The number of rotatable bonds is 2. The van der Waals surface area contributed by atoms with Gasteiger partial charge in [0, 0.05) is 15.8 Å². The summed E-state index contributed by atoms with van der Waals surface area (Å²) in [6, 6.07) is 2.16. The first-order chi connectivity index (χ1) is 6.38. The van der Waals surface area contributed by atoms with Crippen molar-refractivity contribution in [1.29, 1.82) is 0 Å². The predicted molar refractivity (Wildman–Crippen MR) is 58.2 cm³/mol. The number of hydrogen-bond acceptors (Lipinski definition) is 0. The van der Waals surface area contributed by atoms with Crippen LogP contribution in [0.15, 0.2) is 12.1 Å². The molecule has 0 fully saturated rings. The van der Waals surface area contributed by atoms with Crippen LogP contribution in [0.4, 0.5) is 8.78 Å². The van der Waals surface area contributed by atoms with Crippen molar-refractivity contribution < 1.29 is 8.78 Å². The van der Waals surface area contributed by atoms with Gasteiger partial charge in [0.25, 0.3) is 0 Å². The highest BCUT2D eigenvalue weighted by atomic mass is 79.9. The first-order valence-corrected chi connectivity index (χ1v) is 5.59. The molecule has 78 valence electrons. The van der Waals surface area contributed by atoms with Crippen molar-refractivity contribution in [2.45, 2.75) is 19.3 Å². The van der Waals surface area contributed by atoms with E-state index in [2.05, 4.69) is 15.9 Å². The van der Waals surface area contributed by atoms with E-state index in [-0.39, 0.29) is 10.4 Å². The zero-order valence-electron chi connectivity index (χ0n) is 7.87. The molecule has 14 heavy (non-hydrogen) atoms. The van der Waals surface area contributed by atoms with E-state index in [1.165, 1.54) is 0 Å². The normalized spacial score (nSPS) is 11.9. The van der Waals surface area contributed by atoms with Crippen molar-refractivity contribution in [3.8, 4) is 0 Å². The Balaban J connectivity index is 3.29. The molecule has 0 nitrogen and oxygen atoms in total. The van der Waals surface area contributed by atoms with Crippen molar-refractivity contribution in [3.05, 3.63) is 34.4 Å². The maximum absolute atomic E-state index is 13.0. The molecule has 0 saturated heterocycles. The van der Waals surface area contributed by atoms with E-state index in [0.29, 0.717) is 10.9 Å². The van der Waals surface area contributed by atoms with Crippen LogP contribution in [0.1, 0.15) is 19.4 Å². The molecular weight excluding hydrogens is 273 g/mol. The van der Waals surface area contributed by atoms with Gasteiger partial charge in [-0.1, -0.05) is 41.4 Å². The van der Waals surface area contributed by atoms with Crippen LogP contribution in [-0.4, -0.2) is 5.33 Å². The van der Waals surface area contributed by atoms with Gasteiger partial charge in [-0.3, -0.25) is 0 Å². The Morgan fingerprint density at radius 3 is 2.29 bits per heavy atom. The van der Waals surface area contributed by atoms with Crippen LogP contribution < -0.4 is 0 Å². The lowest BCUT2D eigenvalue weighted by molar-refractivity contribution is 0.500. The molecular formula is C10H10BrClF2. The van der Waals surface area contributed by atoms with Gasteiger partial charge >= 0.3 is 0 Å². The summed E-state index contributed by atoms with van der Waals surface area (Å²) in [4.78, 5) is 0. The van der Waals surface area contributed by atoms with Crippen molar-refractivity contribution in [3.63, 3.8) is 0 Å². The third-order valence-corrected chi connectivity index (χ3v) is 3.79. The second-order valence-corrected chi connectivity index (χ2v) is 4.73. The summed E-state index contributed by atoms with van der Waals surface area (Å²) in [6.45, 7) is 3.81. The van der Waals surface area contributed by atoms with Crippen molar-refractivity contribution >= 4 is 27.5 Å². The van der Waals surface area contributed by atoms with Crippen LogP contribution in [-0.2, 0) is 5.41 Å². The third-order valence-electron chi connectivity index (χ3n) is 2.07. The van der Waals surface area contributed by atoms with Gasteiger partial charge in [0.05, 0.1) is 0 Å². The van der Waals surface area contributed by atoms with Gasteiger partial charge in [-0.2, -0.15) is 0 Å². The van der Waals surface area contributed by atoms with Crippen molar-refractivity contribution in [1.82, 2.24) is 0 Å². The molecule has 0 heterocycles. The Kier molecular flexibility index (Phi) is 3.53. The van der Waals surface area contributed by atoms with Crippen LogP contribution in [0, 0.1) is 11.6 Å². The minimum Gasteiger partial charge on any atom is -0.204 e. The van der Waals surface area contributed by atoms with Gasteiger partial charge in [-0.25, -0.2) is 8.78 Å². The SMILES string of the molecule is CC(C)(CBr)c1cc(F)c(F)cc1Cl. The minimum atomic E-state index is -0.913. The molecule has 0 bridgehead atoms. The molecule has 0 aliphatic heterocycles. The zero-order valence-corrected chi connectivity index (χ0v) is 10.2. The lowest BCUT2D eigenvalue weighted by Gasteiger charge is -2.23. The van der Waals surface area contributed by atoms with Crippen LogP contribution in [0.3, 0.4) is 0 Å². The monoisotopic (exact) mass is 282 g/mol. The number of halogens is 4. The fraction of sp³-hybridized carbons (Fsp3) is 0.400. The van der Waals surface area contributed by atoms with E-state index < -0.39 is 11.6 Å². The van der Waals surface area contributed by atoms with Crippen molar-refractivity contribution in [2.75, 3.05) is 5.33 Å². The predicted octanol–water partition coefficient (Wildman–Crippen LogP) is 4.29. The van der Waals surface area contributed by atoms with E-state index in [0.717, 1.165) is 12.1 Å². The summed E-state index contributed by atoms with van der Waals surface area (Å²) in [5, 5.41) is 0.887. The summed E-state index contributed by atoms with van der Waals surface area (Å²) in [7, 11) is 0. The average Bonchev–Trinajstić information content (AvgIpc) is 2.11. The zero-order chi connectivity index (χ0) is 10.9. The molecule has 0 amide bonds. The highest BCUT2D eigenvalue weighted by molar-refractivity contribution is 9.09. The maximum atomic E-state index is 13.0. The first-order valence-electron chi connectivity index (χ1n) is 4.09. The molecule has 1 aromatic carbocycles. The highest BCUT2D eigenvalue weighted by Gasteiger charge is 2.23. The summed E-state index contributed by atoms with van der Waals surface area (Å²) in [5.41, 5.74) is 0.293. The Hall–Kier alpha value is -0.150. The molecule has 0 aromatic heterocycles. The molecule has 0 N–H and O–H groups in total. The molecule has 0 aliphatic carbocycles. The van der Waals surface area contributed by atoms with E-state index in [1.54, 1.807) is 0 Å². The van der Waals surface area contributed by atoms with Crippen LogP contribution in [0.5, 0.6) is 0 Å². The summed E-state index contributed by atoms with van der Waals surface area (Å²) < 4.78 is 25.8. The molecule has 0 radical (unpaired) electrons. The largest absolute Gasteiger partial charge is 0.204 e. The average molecular weight is 284 g/mol. The van der Waals surface area contributed by atoms with Gasteiger partial charge < -0.3 is 0 Å². The smallest absolute Gasteiger partial charge is 0.160 e. The summed E-state index contributed by atoms with van der Waals surface area (Å²) >= 11 is 9.15. The molecule has 0 spiro atoms. The number of hydrogen-bond donors (Lipinski definition) is 0. The molecule has 0 unspecified atom stereocenters. The maximum Gasteiger partial charge on any atom is 0.160 e. The quantitative estimate of drug-likeness (QED) is 0.561. The van der Waals surface area contributed by atoms with Gasteiger partial charge in [0.1, 0.15) is 0 Å². The van der Waals surface area contributed by atoms with E-state index in [4.69, 9.17) is 11.6 Å². The Labute approximate surface area is 95.4 Å². The molecule has 4 heteroatoms. The van der Waals surface area contributed by atoms with Gasteiger partial charge in [-0.05, 0) is 17.7 Å². The summed E-state index contributed by atoms with van der Waals surface area (Å²) in [5.74, 6) is -1.78. The lowest BCUT2D eigenvalue weighted by atomic mass is 9.87. The highest BCUT2D eigenvalue weighted by Crippen LogP contribution is 2.32.